The molecule has 7 nitrogen and oxygen atoms in total. The number of amides is 1. The SMILES string of the molecule is COc1ccc(F)c(-n2ncc3c2COCC3NC(=O)c2cc(C)c(C)cn2)c1Cl. The Morgan fingerprint density at radius 1 is 1.33 bits per heavy atom. The molecule has 1 N–H and O–H groups in total. The minimum Gasteiger partial charge on any atom is -0.495 e. The van der Waals surface area contributed by atoms with Crippen molar-refractivity contribution in [2.75, 3.05) is 13.7 Å². The van der Waals surface area contributed by atoms with Gasteiger partial charge in [-0.05, 0) is 43.2 Å². The lowest BCUT2D eigenvalue weighted by Gasteiger charge is -2.24. The number of methoxy groups -OCH3 is 1. The Morgan fingerprint density at radius 2 is 2.13 bits per heavy atom. The van der Waals surface area contributed by atoms with Crippen LogP contribution in [0.1, 0.15) is 38.9 Å². The van der Waals surface area contributed by atoms with Crippen LogP contribution in [0.2, 0.25) is 5.02 Å². The van der Waals surface area contributed by atoms with Crippen LogP contribution < -0.4 is 10.1 Å². The van der Waals surface area contributed by atoms with Crippen molar-refractivity contribution >= 4 is 17.5 Å². The fraction of sp³-hybridized carbons (Fsp3) is 0.286. The fourth-order valence-corrected chi connectivity index (χ4v) is 3.66. The molecule has 0 spiro atoms. The Hall–Kier alpha value is -2.97. The standard InChI is InChI=1S/C21H20ClFN4O3/c1-11-6-15(24-7-12(11)2)21(28)26-16-9-30-10-17-13(16)8-25-27(17)20-14(23)4-5-18(29-3)19(20)22/h4-8,16H,9-10H2,1-3H3,(H,26,28). The van der Waals surface area contributed by atoms with Crippen molar-refractivity contribution < 1.29 is 18.7 Å². The molecule has 1 amide bonds. The van der Waals surface area contributed by atoms with Crippen LogP contribution in [0.25, 0.3) is 5.69 Å². The smallest absolute Gasteiger partial charge is 0.270 e. The van der Waals surface area contributed by atoms with E-state index in [-0.39, 0.29) is 29.8 Å². The number of halogens is 2. The molecule has 1 aromatic carbocycles. The van der Waals surface area contributed by atoms with Crippen molar-refractivity contribution in [1.29, 1.82) is 0 Å². The highest BCUT2D eigenvalue weighted by Gasteiger charge is 2.29. The van der Waals surface area contributed by atoms with Crippen LogP contribution in [0.15, 0.2) is 30.6 Å². The number of hydrogen-bond acceptors (Lipinski definition) is 5. The second-order valence-corrected chi connectivity index (χ2v) is 7.44. The number of fused-ring (bicyclic) bond motifs is 1. The van der Waals surface area contributed by atoms with E-state index in [0.29, 0.717) is 17.1 Å². The Bertz CT molecular complexity index is 1130. The van der Waals surface area contributed by atoms with E-state index in [0.717, 1.165) is 16.7 Å². The number of rotatable bonds is 4. The van der Waals surface area contributed by atoms with Gasteiger partial charge in [0, 0.05) is 11.8 Å². The average molecular weight is 431 g/mol. The van der Waals surface area contributed by atoms with E-state index in [1.807, 2.05) is 13.8 Å². The molecule has 0 bridgehead atoms. The number of hydrogen-bond donors (Lipinski definition) is 1. The van der Waals surface area contributed by atoms with Gasteiger partial charge >= 0.3 is 0 Å². The predicted octanol–water partition coefficient (Wildman–Crippen LogP) is 3.69. The number of pyridine rings is 1. The molecule has 0 radical (unpaired) electrons. The topological polar surface area (TPSA) is 78.3 Å². The van der Waals surface area contributed by atoms with Gasteiger partial charge in [-0.1, -0.05) is 11.6 Å². The first kappa shape index (κ1) is 20.3. The Kier molecular flexibility index (Phi) is 5.44. The van der Waals surface area contributed by atoms with Gasteiger partial charge < -0.3 is 14.8 Å². The average Bonchev–Trinajstić information content (AvgIpc) is 3.15. The van der Waals surface area contributed by atoms with Gasteiger partial charge in [0.1, 0.15) is 22.2 Å². The molecule has 1 aliphatic heterocycles. The first-order chi connectivity index (χ1) is 14.4. The maximum Gasteiger partial charge on any atom is 0.270 e. The molecule has 30 heavy (non-hydrogen) atoms. The van der Waals surface area contributed by atoms with Crippen molar-refractivity contribution in [1.82, 2.24) is 20.1 Å². The van der Waals surface area contributed by atoms with Crippen LogP contribution in [0.4, 0.5) is 4.39 Å². The molecule has 2 aromatic heterocycles. The van der Waals surface area contributed by atoms with Gasteiger partial charge in [-0.15, -0.1) is 0 Å². The summed E-state index contributed by atoms with van der Waals surface area (Å²) in [6.07, 6.45) is 3.25. The lowest BCUT2D eigenvalue weighted by atomic mass is 10.1. The zero-order chi connectivity index (χ0) is 21.4. The second-order valence-electron chi connectivity index (χ2n) is 7.07. The highest BCUT2D eigenvalue weighted by Crippen LogP contribution is 2.35. The predicted molar refractivity (Wildman–Crippen MR) is 109 cm³/mol. The molecule has 3 aromatic rings. The van der Waals surface area contributed by atoms with E-state index in [4.69, 9.17) is 21.1 Å². The van der Waals surface area contributed by atoms with Crippen molar-refractivity contribution in [2.45, 2.75) is 26.5 Å². The van der Waals surface area contributed by atoms with Crippen LogP contribution in [0.5, 0.6) is 5.75 Å². The van der Waals surface area contributed by atoms with Crippen LogP contribution in [0, 0.1) is 19.7 Å². The summed E-state index contributed by atoms with van der Waals surface area (Å²) in [5, 5.41) is 7.34. The lowest BCUT2D eigenvalue weighted by Crippen LogP contribution is -2.34. The molecule has 1 aliphatic rings. The van der Waals surface area contributed by atoms with E-state index in [1.165, 1.54) is 23.9 Å². The highest BCUT2D eigenvalue weighted by molar-refractivity contribution is 6.33. The molecule has 1 atom stereocenters. The number of nitrogens with zero attached hydrogens (tertiary/aromatic N) is 3. The summed E-state index contributed by atoms with van der Waals surface area (Å²) >= 11 is 6.33. The molecule has 0 saturated heterocycles. The van der Waals surface area contributed by atoms with Crippen LogP contribution in [-0.2, 0) is 11.3 Å². The molecule has 3 heterocycles. The summed E-state index contributed by atoms with van der Waals surface area (Å²) in [6, 6.07) is 4.01. The fourth-order valence-electron chi connectivity index (χ4n) is 3.35. The molecular weight excluding hydrogens is 411 g/mol. The van der Waals surface area contributed by atoms with Crippen LogP contribution in [0.3, 0.4) is 0 Å². The molecule has 0 saturated carbocycles. The van der Waals surface area contributed by atoms with Crippen molar-refractivity contribution in [3.63, 3.8) is 0 Å². The largest absolute Gasteiger partial charge is 0.495 e. The first-order valence-electron chi connectivity index (χ1n) is 9.31. The minimum atomic E-state index is -0.544. The van der Waals surface area contributed by atoms with Gasteiger partial charge in [-0.2, -0.15) is 5.10 Å². The van der Waals surface area contributed by atoms with Crippen LogP contribution >= 0.6 is 11.6 Å². The summed E-state index contributed by atoms with van der Waals surface area (Å²) in [7, 11) is 1.46. The third-order valence-corrected chi connectivity index (χ3v) is 5.54. The molecule has 9 heteroatoms. The van der Waals surface area contributed by atoms with Gasteiger partial charge in [0.25, 0.3) is 5.91 Å². The zero-order valence-electron chi connectivity index (χ0n) is 16.7. The van der Waals surface area contributed by atoms with Crippen molar-refractivity contribution in [2.24, 2.45) is 0 Å². The normalized spacial score (nSPS) is 15.6. The quantitative estimate of drug-likeness (QED) is 0.683. The minimum absolute atomic E-state index is 0.0728. The summed E-state index contributed by atoms with van der Waals surface area (Å²) in [5.74, 6) is -0.533. The van der Waals surface area contributed by atoms with E-state index in [9.17, 15) is 9.18 Å². The van der Waals surface area contributed by atoms with Gasteiger partial charge in [-0.3, -0.25) is 9.78 Å². The first-order valence-corrected chi connectivity index (χ1v) is 9.69. The number of aryl methyl sites for hydroxylation is 2. The van der Waals surface area contributed by atoms with E-state index < -0.39 is 11.9 Å². The van der Waals surface area contributed by atoms with E-state index >= 15 is 0 Å². The number of carbonyl (C=O) groups is 1. The monoisotopic (exact) mass is 430 g/mol. The molecule has 156 valence electrons. The summed E-state index contributed by atoms with van der Waals surface area (Å²) in [4.78, 5) is 16.9. The molecule has 4 rings (SSSR count). The molecule has 0 fully saturated rings. The summed E-state index contributed by atoms with van der Waals surface area (Å²) in [6.45, 7) is 4.33. The van der Waals surface area contributed by atoms with Gasteiger partial charge in [0.2, 0.25) is 0 Å². The van der Waals surface area contributed by atoms with Gasteiger partial charge in [0.15, 0.2) is 5.82 Å². The second kappa shape index (κ2) is 8.04. The summed E-state index contributed by atoms with van der Waals surface area (Å²) < 4.78 is 26.8. The number of aromatic nitrogens is 3. The Balaban J connectivity index is 1.66. The van der Waals surface area contributed by atoms with Gasteiger partial charge in [0.05, 0.1) is 38.3 Å². The van der Waals surface area contributed by atoms with Crippen molar-refractivity contribution in [3.05, 3.63) is 69.5 Å². The number of carbonyl (C=O) groups excluding carboxylic acids is 1. The van der Waals surface area contributed by atoms with E-state index in [1.54, 1.807) is 18.5 Å². The number of ether oxygens (including phenoxy) is 2. The molecule has 1 unspecified atom stereocenters. The maximum absolute atomic E-state index is 14.6. The van der Waals surface area contributed by atoms with Gasteiger partial charge in [-0.25, -0.2) is 9.07 Å². The van der Waals surface area contributed by atoms with Crippen LogP contribution in [-0.4, -0.2) is 34.4 Å². The summed E-state index contributed by atoms with van der Waals surface area (Å²) in [5.41, 5.74) is 3.72. The third-order valence-electron chi connectivity index (χ3n) is 5.17. The van der Waals surface area contributed by atoms with Crippen molar-refractivity contribution in [3.8, 4) is 11.4 Å². The number of nitrogens with one attached hydrogen (secondary N) is 1. The highest BCUT2D eigenvalue weighted by atomic mass is 35.5. The van der Waals surface area contributed by atoms with E-state index in [2.05, 4.69) is 15.4 Å². The lowest BCUT2D eigenvalue weighted by molar-refractivity contribution is 0.0684. The number of benzene rings is 1. The maximum atomic E-state index is 14.6. The molecular formula is C21H20ClFN4O3. The molecule has 0 aliphatic carbocycles. The third kappa shape index (κ3) is 3.53. The Labute approximate surface area is 177 Å². The Morgan fingerprint density at radius 3 is 2.87 bits per heavy atom. The zero-order valence-corrected chi connectivity index (χ0v) is 17.5.